The van der Waals surface area contributed by atoms with Crippen LogP contribution >= 0.6 is 0 Å². The zero-order chi connectivity index (χ0) is 15.3. The van der Waals surface area contributed by atoms with Crippen LogP contribution in [0.3, 0.4) is 0 Å². The normalized spacial score (nSPS) is 31.9. The van der Waals surface area contributed by atoms with Crippen LogP contribution in [0.5, 0.6) is 0 Å². The monoisotopic (exact) mass is 299 g/mol. The summed E-state index contributed by atoms with van der Waals surface area (Å²) in [5.41, 5.74) is 3.33. The molecule has 0 aromatic heterocycles. The van der Waals surface area contributed by atoms with Crippen LogP contribution in [0.4, 0.5) is 5.69 Å². The van der Waals surface area contributed by atoms with Gasteiger partial charge in [-0.25, -0.2) is 0 Å². The molecule has 3 heteroatoms. The lowest BCUT2D eigenvalue weighted by molar-refractivity contribution is 0.147. The second-order valence-corrected chi connectivity index (χ2v) is 7.89. The van der Waals surface area contributed by atoms with Gasteiger partial charge in [0, 0.05) is 49.9 Å². The maximum absolute atomic E-state index is 2.82. The average molecular weight is 299 g/mol. The minimum Gasteiger partial charge on any atom is -0.365 e. The molecule has 2 atom stereocenters. The van der Waals surface area contributed by atoms with E-state index in [1.807, 2.05) is 0 Å². The first kappa shape index (κ1) is 14.5. The first-order valence-corrected chi connectivity index (χ1v) is 8.80. The number of nitrogens with zero attached hydrogens (tertiary/aromatic N) is 3. The number of hydrogen-bond donors (Lipinski definition) is 0. The maximum atomic E-state index is 2.82. The fourth-order valence-electron chi connectivity index (χ4n) is 5.35. The van der Waals surface area contributed by atoms with E-state index < -0.39 is 0 Å². The standard InChI is InChI=1S/C19H29N3/c1-15-6-4-5-7-18(15)22-13-16-12-21(3)14-17(16)19(22)8-10-20(2)11-9-19/h4-7,16-17H,8-14H2,1-3H3. The topological polar surface area (TPSA) is 9.72 Å². The van der Waals surface area contributed by atoms with Crippen molar-refractivity contribution in [2.75, 3.05) is 51.7 Å². The molecule has 4 rings (SSSR count). The summed E-state index contributed by atoms with van der Waals surface area (Å²) < 4.78 is 0. The highest BCUT2D eigenvalue weighted by Gasteiger charge is 2.56. The van der Waals surface area contributed by atoms with Crippen LogP contribution in [0, 0.1) is 18.8 Å². The predicted octanol–water partition coefficient (Wildman–Crippen LogP) is 2.46. The largest absolute Gasteiger partial charge is 0.365 e. The number of likely N-dealkylation sites (tertiary alicyclic amines) is 2. The van der Waals surface area contributed by atoms with Crippen LogP contribution in [0.25, 0.3) is 0 Å². The second kappa shape index (κ2) is 5.24. The van der Waals surface area contributed by atoms with Gasteiger partial charge in [0.1, 0.15) is 0 Å². The van der Waals surface area contributed by atoms with E-state index in [0.29, 0.717) is 5.54 Å². The molecule has 0 aliphatic carbocycles. The summed E-state index contributed by atoms with van der Waals surface area (Å²) in [5.74, 6) is 1.71. The Morgan fingerprint density at radius 1 is 0.955 bits per heavy atom. The van der Waals surface area contributed by atoms with Gasteiger partial charge in [-0.05, 0) is 51.4 Å². The molecular formula is C19H29N3. The average Bonchev–Trinajstić information content (AvgIpc) is 3.00. The number of anilines is 1. The quantitative estimate of drug-likeness (QED) is 0.789. The van der Waals surface area contributed by atoms with Crippen LogP contribution in [0.2, 0.25) is 0 Å². The Kier molecular flexibility index (Phi) is 3.46. The van der Waals surface area contributed by atoms with E-state index in [1.54, 1.807) is 0 Å². The molecule has 3 saturated heterocycles. The van der Waals surface area contributed by atoms with E-state index in [1.165, 1.54) is 56.8 Å². The van der Waals surface area contributed by atoms with Gasteiger partial charge in [0.2, 0.25) is 0 Å². The summed E-state index contributed by atoms with van der Waals surface area (Å²) in [6.45, 7) is 8.59. The molecule has 1 aromatic rings. The number of para-hydroxylation sites is 1. The third-order valence-corrected chi connectivity index (χ3v) is 6.53. The van der Waals surface area contributed by atoms with Crippen LogP contribution in [0.1, 0.15) is 18.4 Å². The van der Waals surface area contributed by atoms with E-state index in [0.717, 1.165) is 11.8 Å². The molecule has 1 aromatic carbocycles. The molecule has 22 heavy (non-hydrogen) atoms. The van der Waals surface area contributed by atoms with Crippen molar-refractivity contribution in [2.24, 2.45) is 11.8 Å². The maximum Gasteiger partial charge on any atom is 0.0470 e. The molecule has 0 radical (unpaired) electrons. The smallest absolute Gasteiger partial charge is 0.0470 e. The lowest BCUT2D eigenvalue weighted by Crippen LogP contribution is -2.56. The molecule has 0 saturated carbocycles. The number of rotatable bonds is 1. The summed E-state index contributed by atoms with van der Waals surface area (Å²) in [6, 6.07) is 9.01. The van der Waals surface area contributed by atoms with Crippen molar-refractivity contribution < 1.29 is 0 Å². The van der Waals surface area contributed by atoms with Crippen molar-refractivity contribution in [3.8, 4) is 0 Å². The van der Waals surface area contributed by atoms with Crippen LogP contribution < -0.4 is 4.90 Å². The van der Waals surface area contributed by atoms with E-state index in [4.69, 9.17) is 0 Å². The fourth-order valence-corrected chi connectivity index (χ4v) is 5.35. The molecule has 3 aliphatic heterocycles. The van der Waals surface area contributed by atoms with Crippen LogP contribution in [-0.4, -0.2) is 62.2 Å². The lowest BCUT2D eigenvalue weighted by Gasteiger charge is -2.49. The van der Waals surface area contributed by atoms with E-state index >= 15 is 0 Å². The van der Waals surface area contributed by atoms with Gasteiger partial charge in [0.05, 0.1) is 0 Å². The van der Waals surface area contributed by atoms with Crippen molar-refractivity contribution in [1.29, 1.82) is 0 Å². The number of hydrogen-bond acceptors (Lipinski definition) is 3. The molecule has 0 amide bonds. The van der Waals surface area contributed by atoms with Crippen LogP contribution in [-0.2, 0) is 0 Å². The van der Waals surface area contributed by atoms with Crippen LogP contribution in [0.15, 0.2) is 24.3 Å². The van der Waals surface area contributed by atoms with Crippen molar-refractivity contribution in [3.05, 3.63) is 29.8 Å². The molecule has 2 unspecified atom stereocenters. The summed E-state index contributed by atoms with van der Waals surface area (Å²) in [7, 11) is 4.58. The van der Waals surface area contributed by atoms with E-state index in [-0.39, 0.29) is 0 Å². The number of aryl methyl sites for hydroxylation is 1. The Morgan fingerprint density at radius 3 is 2.41 bits per heavy atom. The minimum absolute atomic E-state index is 0.397. The molecule has 3 aliphatic rings. The summed E-state index contributed by atoms with van der Waals surface area (Å²) in [4.78, 5) is 7.88. The van der Waals surface area contributed by atoms with Gasteiger partial charge in [-0.15, -0.1) is 0 Å². The Balaban J connectivity index is 1.73. The summed E-state index contributed by atoms with van der Waals surface area (Å²) >= 11 is 0. The first-order chi connectivity index (χ1) is 10.6. The molecular weight excluding hydrogens is 270 g/mol. The second-order valence-electron chi connectivity index (χ2n) is 7.89. The molecule has 120 valence electrons. The van der Waals surface area contributed by atoms with Gasteiger partial charge in [-0.3, -0.25) is 0 Å². The molecule has 1 spiro atoms. The highest BCUT2D eigenvalue weighted by Crippen LogP contribution is 2.50. The number of piperidine rings is 1. The minimum atomic E-state index is 0.397. The Hall–Kier alpha value is -1.06. The lowest BCUT2D eigenvalue weighted by atomic mass is 9.74. The van der Waals surface area contributed by atoms with Gasteiger partial charge in [-0.2, -0.15) is 0 Å². The van der Waals surface area contributed by atoms with Crippen molar-refractivity contribution >= 4 is 5.69 Å². The van der Waals surface area contributed by atoms with E-state index in [9.17, 15) is 0 Å². The Morgan fingerprint density at radius 2 is 1.68 bits per heavy atom. The zero-order valence-corrected chi connectivity index (χ0v) is 14.3. The van der Waals surface area contributed by atoms with Crippen molar-refractivity contribution in [1.82, 2.24) is 9.80 Å². The highest BCUT2D eigenvalue weighted by molar-refractivity contribution is 5.57. The van der Waals surface area contributed by atoms with Gasteiger partial charge < -0.3 is 14.7 Å². The predicted molar refractivity (Wildman–Crippen MR) is 92.5 cm³/mol. The van der Waals surface area contributed by atoms with Crippen molar-refractivity contribution in [3.63, 3.8) is 0 Å². The SMILES string of the molecule is Cc1ccccc1N1CC2CN(C)CC2C12CCN(C)CC2. The van der Waals surface area contributed by atoms with Gasteiger partial charge in [0.15, 0.2) is 0 Å². The molecule has 0 N–H and O–H groups in total. The Labute approximate surface area is 134 Å². The highest BCUT2D eigenvalue weighted by atomic mass is 15.3. The molecule has 0 bridgehead atoms. The molecule has 3 nitrogen and oxygen atoms in total. The van der Waals surface area contributed by atoms with Gasteiger partial charge in [0.25, 0.3) is 0 Å². The third kappa shape index (κ3) is 2.10. The zero-order valence-electron chi connectivity index (χ0n) is 14.3. The number of benzene rings is 1. The first-order valence-electron chi connectivity index (χ1n) is 8.80. The molecule has 3 heterocycles. The summed E-state index contributed by atoms with van der Waals surface area (Å²) in [6.07, 6.45) is 2.65. The van der Waals surface area contributed by atoms with Crippen molar-refractivity contribution in [2.45, 2.75) is 25.3 Å². The van der Waals surface area contributed by atoms with Gasteiger partial charge >= 0.3 is 0 Å². The molecule has 3 fully saturated rings. The third-order valence-electron chi connectivity index (χ3n) is 6.53. The number of fused-ring (bicyclic) bond motifs is 2. The fraction of sp³-hybridized carbons (Fsp3) is 0.684. The van der Waals surface area contributed by atoms with E-state index in [2.05, 4.69) is 60.0 Å². The summed E-state index contributed by atoms with van der Waals surface area (Å²) in [5, 5.41) is 0. The Bertz CT molecular complexity index is 547. The van der Waals surface area contributed by atoms with Gasteiger partial charge in [-0.1, -0.05) is 18.2 Å².